The van der Waals surface area contributed by atoms with Crippen LogP contribution in [0.3, 0.4) is 0 Å². The van der Waals surface area contributed by atoms with Gasteiger partial charge in [-0.05, 0) is 24.4 Å². The van der Waals surface area contributed by atoms with E-state index in [0.717, 1.165) is 5.39 Å². The van der Waals surface area contributed by atoms with E-state index < -0.39 is 0 Å². The third-order valence-electron chi connectivity index (χ3n) is 2.69. The fourth-order valence-corrected chi connectivity index (χ4v) is 1.84. The van der Waals surface area contributed by atoms with Crippen LogP contribution in [0, 0.1) is 11.8 Å². The highest BCUT2D eigenvalue weighted by Crippen LogP contribution is 2.13. The summed E-state index contributed by atoms with van der Waals surface area (Å²) >= 11 is 0. The van der Waals surface area contributed by atoms with Crippen LogP contribution < -0.4 is 11.3 Å². The normalized spacial score (nSPS) is 9.94. The van der Waals surface area contributed by atoms with E-state index in [4.69, 9.17) is 5.73 Å². The molecule has 2 rings (SSSR count). The Morgan fingerprint density at radius 3 is 2.88 bits per heavy atom. The molecule has 1 heterocycles. The number of nitrogens with zero attached hydrogens (tertiary/aromatic N) is 1. The first-order chi connectivity index (χ1) is 8.24. The lowest BCUT2D eigenvalue weighted by Crippen LogP contribution is -2.22. The monoisotopic (exact) mass is 226 g/mol. The van der Waals surface area contributed by atoms with Crippen molar-refractivity contribution in [2.75, 3.05) is 5.73 Å². The molecule has 1 aromatic carbocycles. The summed E-state index contributed by atoms with van der Waals surface area (Å²) in [5.41, 5.74) is 5.84. The summed E-state index contributed by atoms with van der Waals surface area (Å²) < 4.78 is 1.58. The number of rotatable bonds is 2. The maximum atomic E-state index is 12.2. The lowest BCUT2D eigenvalue weighted by atomic mass is 10.1. The van der Waals surface area contributed by atoms with Crippen LogP contribution in [0.25, 0.3) is 10.8 Å². The van der Waals surface area contributed by atoms with E-state index in [1.165, 1.54) is 0 Å². The largest absolute Gasteiger partial charge is 0.385 e. The Morgan fingerprint density at radius 1 is 1.35 bits per heavy atom. The molecule has 86 valence electrons. The standard InChI is InChI=1S/C14H14N2O/c1-2-3-6-9-16-13(15)10-11-7-4-5-8-12(11)14(16)17/h4-5,7-8,10H,6,9,15H2,1H3. The number of pyridine rings is 1. The van der Waals surface area contributed by atoms with Crippen LogP contribution in [-0.2, 0) is 6.54 Å². The van der Waals surface area contributed by atoms with E-state index in [1.807, 2.05) is 30.3 Å². The topological polar surface area (TPSA) is 48.0 Å². The Kier molecular flexibility index (Phi) is 3.15. The van der Waals surface area contributed by atoms with Gasteiger partial charge in [0.2, 0.25) is 0 Å². The molecule has 2 N–H and O–H groups in total. The smallest absolute Gasteiger partial charge is 0.260 e. The van der Waals surface area contributed by atoms with E-state index in [1.54, 1.807) is 11.5 Å². The molecule has 0 amide bonds. The van der Waals surface area contributed by atoms with Crippen molar-refractivity contribution in [3.8, 4) is 11.8 Å². The maximum Gasteiger partial charge on any atom is 0.260 e. The number of fused-ring (bicyclic) bond motifs is 1. The average molecular weight is 226 g/mol. The molecule has 0 bridgehead atoms. The molecule has 0 saturated heterocycles. The second-order valence-corrected chi connectivity index (χ2v) is 3.79. The number of aromatic nitrogens is 1. The van der Waals surface area contributed by atoms with E-state index in [-0.39, 0.29) is 5.56 Å². The van der Waals surface area contributed by atoms with Crippen LogP contribution in [0.15, 0.2) is 35.1 Å². The highest BCUT2D eigenvalue weighted by Gasteiger charge is 2.05. The molecule has 3 heteroatoms. The van der Waals surface area contributed by atoms with Gasteiger partial charge in [-0.15, -0.1) is 11.8 Å². The van der Waals surface area contributed by atoms with Crippen LogP contribution >= 0.6 is 0 Å². The third-order valence-corrected chi connectivity index (χ3v) is 2.69. The van der Waals surface area contributed by atoms with Crippen LogP contribution in [-0.4, -0.2) is 4.57 Å². The van der Waals surface area contributed by atoms with E-state index in [9.17, 15) is 4.79 Å². The molecule has 1 aromatic heterocycles. The fourth-order valence-electron chi connectivity index (χ4n) is 1.84. The molecule has 0 unspecified atom stereocenters. The summed E-state index contributed by atoms with van der Waals surface area (Å²) in [7, 11) is 0. The first kappa shape index (κ1) is 11.3. The summed E-state index contributed by atoms with van der Waals surface area (Å²) in [6, 6.07) is 9.29. The Bertz CT molecular complexity index is 659. The van der Waals surface area contributed by atoms with Gasteiger partial charge < -0.3 is 5.73 Å². The number of nitrogen functional groups attached to an aromatic ring is 1. The van der Waals surface area contributed by atoms with Gasteiger partial charge in [0.15, 0.2) is 0 Å². The Hall–Kier alpha value is -2.21. The molecule has 0 aliphatic heterocycles. The van der Waals surface area contributed by atoms with Gasteiger partial charge in [0.05, 0.1) is 0 Å². The summed E-state index contributed by atoms with van der Waals surface area (Å²) in [6.45, 7) is 2.32. The van der Waals surface area contributed by atoms with Gasteiger partial charge in [-0.2, -0.15) is 0 Å². The number of nitrogens with two attached hydrogens (primary N) is 1. The van der Waals surface area contributed by atoms with Gasteiger partial charge in [0, 0.05) is 18.4 Å². The van der Waals surface area contributed by atoms with Crippen LogP contribution in [0.5, 0.6) is 0 Å². The summed E-state index contributed by atoms with van der Waals surface area (Å²) in [5.74, 6) is 6.23. The zero-order valence-electron chi connectivity index (χ0n) is 9.73. The zero-order chi connectivity index (χ0) is 12.3. The lowest BCUT2D eigenvalue weighted by molar-refractivity contribution is 0.706. The van der Waals surface area contributed by atoms with Gasteiger partial charge >= 0.3 is 0 Å². The highest BCUT2D eigenvalue weighted by molar-refractivity contribution is 5.83. The second-order valence-electron chi connectivity index (χ2n) is 3.79. The minimum Gasteiger partial charge on any atom is -0.385 e. The molecule has 0 fully saturated rings. The van der Waals surface area contributed by atoms with E-state index >= 15 is 0 Å². The number of anilines is 1. The SMILES string of the molecule is CC#CCCn1c(N)cc2ccccc2c1=O. The molecule has 3 nitrogen and oxygen atoms in total. The summed E-state index contributed by atoms with van der Waals surface area (Å²) in [6.07, 6.45) is 0.638. The predicted octanol–water partition coefficient (Wildman–Crippen LogP) is 2.00. The van der Waals surface area contributed by atoms with E-state index in [2.05, 4.69) is 11.8 Å². The molecular weight excluding hydrogens is 212 g/mol. The number of hydrogen-bond donors (Lipinski definition) is 1. The first-order valence-electron chi connectivity index (χ1n) is 5.51. The number of hydrogen-bond acceptors (Lipinski definition) is 2. The van der Waals surface area contributed by atoms with Crippen LogP contribution in [0.2, 0.25) is 0 Å². The molecule has 0 atom stereocenters. The van der Waals surface area contributed by atoms with Gasteiger partial charge in [-0.1, -0.05) is 18.2 Å². The molecule has 0 aliphatic carbocycles. The van der Waals surface area contributed by atoms with E-state index in [0.29, 0.717) is 24.2 Å². The summed E-state index contributed by atoms with van der Waals surface area (Å²) in [5, 5.41) is 1.58. The van der Waals surface area contributed by atoms with Gasteiger partial charge in [-0.3, -0.25) is 9.36 Å². The van der Waals surface area contributed by atoms with Crippen molar-refractivity contribution >= 4 is 16.6 Å². The molecular formula is C14H14N2O. The molecule has 2 aromatic rings. The van der Waals surface area contributed by atoms with Crippen molar-refractivity contribution in [3.05, 3.63) is 40.7 Å². The van der Waals surface area contributed by atoms with Crippen molar-refractivity contribution in [1.82, 2.24) is 4.57 Å². The van der Waals surface area contributed by atoms with Crippen molar-refractivity contribution in [3.63, 3.8) is 0 Å². The Labute approximate surface area is 99.9 Å². The number of benzene rings is 1. The quantitative estimate of drug-likeness (QED) is 0.796. The molecule has 0 spiro atoms. The highest BCUT2D eigenvalue weighted by atomic mass is 16.1. The fraction of sp³-hybridized carbons (Fsp3) is 0.214. The molecule has 17 heavy (non-hydrogen) atoms. The third kappa shape index (κ3) is 2.16. The van der Waals surface area contributed by atoms with Gasteiger partial charge in [0.1, 0.15) is 5.82 Å². The maximum absolute atomic E-state index is 12.2. The Balaban J connectivity index is 2.54. The Morgan fingerprint density at radius 2 is 2.12 bits per heavy atom. The van der Waals surface area contributed by atoms with Crippen LogP contribution in [0.1, 0.15) is 13.3 Å². The van der Waals surface area contributed by atoms with Crippen molar-refractivity contribution in [2.45, 2.75) is 19.9 Å². The van der Waals surface area contributed by atoms with Gasteiger partial charge in [0.25, 0.3) is 5.56 Å². The predicted molar refractivity (Wildman–Crippen MR) is 70.7 cm³/mol. The first-order valence-corrected chi connectivity index (χ1v) is 5.51. The summed E-state index contributed by atoms with van der Waals surface area (Å²) in [4.78, 5) is 12.2. The molecule has 0 aliphatic rings. The molecule has 0 saturated carbocycles. The van der Waals surface area contributed by atoms with Gasteiger partial charge in [-0.25, -0.2) is 0 Å². The zero-order valence-corrected chi connectivity index (χ0v) is 9.73. The van der Waals surface area contributed by atoms with Crippen molar-refractivity contribution < 1.29 is 0 Å². The van der Waals surface area contributed by atoms with Crippen LogP contribution in [0.4, 0.5) is 5.82 Å². The average Bonchev–Trinajstić information content (AvgIpc) is 2.33. The van der Waals surface area contributed by atoms with Crippen molar-refractivity contribution in [2.24, 2.45) is 0 Å². The van der Waals surface area contributed by atoms with Crippen molar-refractivity contribution in [1.29, 1.82) is 0 Å². The second kappa shape index (κ2) is 4.75. The minimum atomic E-state index is -0.0431. The molecule has 0 radical (unpaired) electrons. The minimum absolute atomic E-state index is 0.0431. The lowest BCUT2D eigenvalue weighted by Gasteiger charge is -2.09.